The van der Waals surface area contributed by atoms with Crippen molar-refractivity contribution >= 4 is 6.21 Å². The highest BCUT2D eigenvalue weighted by atomic mass is 16.5. The first-order valence-electron chi connectivity index (χ1n) is 7.15. The third kappa shape index (κ3) is 3.00. The fraction of sp³-hybridized carbons (Fsp3) is 0.312. The van der Waals surface area contributed by atoms with Crippen molar-refractivity contribution in [2.24, 2.45) is 5.16 Å². The second-order valence-corrected chi connectivity index (χ2v) is 4.71. The zero-order chi connectivity index (χ0) is 16.1. The molecule has 0 saturated heterocycles. The van der Waals surface area contributed by atoms with E-state index in [1.807, 2.05) is 13.8 Å². The molecule has 6 heteroatoms. The van der Waals surface area contributed by atoms with Crippen molar-refractivity contribution in [3.8, 4) is 11.4 Å². The van der Waals surface area contributed by atoms with Gasteiger partial charge in [0.25, 0.3) is 5.56 Å². The molecule has 1 N–H and O–H groups in total. The molecule has 0 bridgehead atoms. The summed E-state index contributed by atoms with van der Waals surface area (Å²) in [6, 6.07) is 6.81. The van der Waals surface area contributed by atoms with Crippen molar-refractivity contribution in [2.75, 3.05) is 6.61 Å². The summed E-state index contributed by atoms with van der Waals surface area (Å²) in [5.41, 5.74) is 1.71. The number of hydrogen-bond acceptors (Lipinski definition) is 5. The molecule has 6 nitrogen and oxygen atoms in total. The molecule has 0 fully saturated rings. The number of ether oxygens (including phenoxy) is 1. The minimum Gasteiger partial charge on any atom is -0.491 e. The van der Waals surface area contributed by atoms with E-state index in [1.165, 1.54) is 16.8 Å². The van der Waals surface area contributed by atoms with Gasteiger partial charge in [0.1, 0.15) is 5.82 Å². The molecule has 2 rings (SSSR count). The Kier molecular flexibility index (Phi) is 4.93. The van der Waals surface area contributed by atoms with Crippen LogP contribution in [0, 0.1) is 6.92 Å². The highest BCUT2D eigenvalue weighted by Gasteiger charge is 2.15. The Morgan fingerprint density at radius 2 is 2.18 bits per heavy atom. The van der Waals surface area contributed by atoms with Gasteiger partial charge in [0.05, 0.1) is 18.5 Å². The maximum atomic E-state index is 12.4. The normalized spacial score (nSPS) is 11.0. The van der Waals surface area contributed by atoms with Gasteiger partial charge >= 0.3 is 0 Å². The van der Waals surface area contributed by atoms with Crippen molar-refractivity contribution in [2.45, 2.75) is 27.2 Å². The van der Waals surface area contributed by atoms with Crippen molar-refractivity contribution in [3.63, 3.8) is 0 Å². The number of oxime groups is 1. The first kappa shape index (κ1) is 15.8. The predicted octanol–water partition coefficient (Wildman–Crippen LogP) is 2.31. The van der Waals surface area contributed by atoms with E-state index in [4.69, 9.17) is 9.94 Å². The van der Waals surface area contributed by atoms with Gasteiger partial charge in [-0.25, -0.2) is 4.98 Å². The quantitative estimate of drug-likeness (QED) is 0.522. The second-order valence-electron chi connectivity index (χ2n) is 4.71. The molecule has 0 radical (unpaired) electrons. The number of para-hydroxylation sites is 1. The van der Waals surface area contributed by atoms with E-state index >= 15 is 0 Å². The molecule has 0 amide bonds. The molecule has 0 unspecified atom stereocenters. The average Bonchev–Trinajstić information content (AvgIpc) is 2.49. The summed E-state index contributed by atoms with van der Waals surface area (Å²) in [4.78, 5) is 16.9. The highest BCUT2D eigenvalue weighted by molar-refractivity contribution is 5.85. The molecule has 1 heterocycles. The van der Waals surface area contributed by atoms with Crippen LogP contribution in [0.15, 0.2) is 34.2 Å². The fourth-order valence-corrected chi connectivity index (χ4v) is 2.33. The molecule has 0 aliphatic carbocycles. The van der Waals surface area contributed by atoms with Crippen LogP contribution in [0.4, 0.5) is 0 Å². The maximum absolute atomic E-state index is 12.4. The van der Waals surface area contributed by atoms with E-state index in [0.717, 1.165) is 0 Å². The number of hydrogen-bond donors (Lipinski definition) is 1. The van der Waals surface area contributed by atoms with Crippen LogP contribution in [0.2, 0.25) is 0 Å². The van der Waals surface area contributed by atoms with Gasteiger partial charge in [-0.15, -0.1) is 0 Å². The third-order valence-corrected chi connectivity index (χ3v) is 3.18. The van der Waals surface area contributed by atoms with Crippen molar-refractivity contribution in [1.29, 1.82) is 0 Å². The Morgan fingerprint density at radius 3 is 2.82 bits per heavy atom. The van der Waals surface area contributed by atoms with Crippen LogP contribution in [-0.2, 0) is 6.42 Å². The van der Waals surface area contributed by atoms with Gasteiger partial charge in [-0.1, -0.05) is 18.1 Å². The standard InChI is InChI=1S/C16H19N3O3/c1-4-14-18-11(3)9-15(20)19(14)13-8-6-7-12(10-17-21)16(13)22-5-2/h6-10,21H,4-5H2,1-3H3. The first-order chi connectivity index (χ1) is 10.6. The monoisotopic (exact) mass is 301 g/mol. The number of rotatable bonds is 5. The lowest BCUT2D eigenvalue weighted by Gasteiger charge is -2.17. The van der Waals surface area contributed by atoms with Crippen molar-refractivity contribution in [3.05, 3.63) is 51.7 Å². The summed E-state index contributed by atoms with van der Waals surface area (Å²) >= 11 is 0. The smallest absolute Gasteiger partial charge is 0.258 e. The lowest BCUT2D eigenvalue weighted by molar-refractivity contribution is 0.320. The molecular formula is C16H19N3O3. The largest absolute Gasteiger partial charge is 0.491 e. The third-order valence-electron chi connectivity index (χ3n) is 3.18. The van der Waals surface area contributed by atoms with E-state index in [2.05, 4.69) is 10.1 Å². The molecule has 116 valence electrons. The van der Waals surface area contributed by atoms with Gasteiger partial charge in [0.15, 0.2) is 5.75 Å². The van der Waals surface area contributed by atoms with E-state index in [-0.39, 0.29) is 5.56 Å². The summed E-state index contributed by atoms with van der Waals surface area (Å²) in [5.74, 6) is 1.15. The summed E-state index contributed by atoms with van der Waals surface area (Å²) < 4.78 is 7.20. The number of nitrogens with zero attached hydrogens (tertiary/aromatic N) is 3. The minimum atomic E-state index is -0.164. The Bertz CT molecular complexity index is 751. The van der Waals surface area contributed by atoms with Crippen LogP contribution in [-0.4, -0.2) is 27.6 Å². The van der Waals surface area contributed by atoms with Gasteiger partial charge in [-0.05, 0) is 26.0 Å². The van der Waals surface area contributed by atoms with Crippen LogP contribution in [0.5, 0.6) is 5.75 Å². The number of benzene rings is 1. The molecular weight excluding hydrogens is 282 g/mol. The highest BCUT2D eigenvalue weighted by Crippen LogP contribution is 2.26. The average molecular weight is 301 g/mol. The maximum Gasteiger partial charge on any atom is 0.258 e. The summed E-state index contributed by atoms with van der Waals surface area (Å²) in [7, 11) is 0. The van der Waals surface area contributed by atoms with Gasteiger partial charge in [0, 0.05) is 23.7 Å². The van der Waals surface area contributed by atoms with Gasteiger partial charge in [0.2, 0.25) is 0 Å². The molecule has 2 aromatic rings. The van der Waals surface area contributed by atoms with Crippen LogP contribution in [0.3, 0.4) is 0 Å². The molecule has 0 spiro atoms. The molecule has 0 aliphatic heterocycles. The molecule has 0 saturated carbocycles. The van der Waals surface area contributed by atoms with Crippen molar-refractivity contribution < 1.29 is 9.94 Å². The van der Waals surface area contributed by atoms with Crippen LogP contribution in [0.1, 0.15) is 30.9 Å². The van der Waals surface area contributed by atoms with E-state index < -0.39 is 0 Å². The Hall–Kier alpha value is -2.63. The van der Waals surface area contributed by atoms with Gasteiger partial charge < -0.3 is 9.94 Å². The lowest BCUT2D eigenvalue weighted by Crippen LogP contribution is -2.24. The Labute approximate surface area is 128 Å². The minimum absolute atomic E-state index is 0.164. The number of aromatic nitrogens is 2. The molecule has 0 aliphatic rings. The molecule has 0 atom stereocenters. The first-order valence-corrected chi connectivity index (χ1v) is 7.15. The van der Waals surface area contributed by atoms with Crippen LogP contribution in [0.25, 0.3) is 5.69 Å². The Balaban J connectivity index is 2.77. The fourth-order valence-electron chi connectivity index (χ4n) is 2.33. The molecule has 22 heavy (non-hydrogen) atoms. The van der Waals surface area contributed by atoms with Crippen LogP contribution < -0.4 is 10.3 Å². The zero-order valence-electron chi connectivity index (χ0n) is 12.9. The van der Waals surface area contributed by atoms with Gasteiger partial charge in [-0.3, -0.25) is 9.36 Å². The Morgan fingerprint density at radius 1 is 1.41 bits per heavy atom. The summed E-state index contributed by atoms with van der Waals surface area (Å²) in [6.07, 6.45) is 1.90. The second kappa shape index (κ2) is 6.89. The summed E-state index contributed by atoms with van der Waals surface area (Å²) in [6.45, 7) is 6.02. The molecule has 1 aromatic carbocycles. The van der Waals surface area contributed by atoms with E-state index in [0.29, 0.717) is 41.5 Å². The topological polar surface area (TPSA) is 76.7 Å². The SMILES string of the molecule is CCOc1c(C=NO)cccc1-n1c(CC)nc(C)cc1=O. The summed E-state index contributed by atoms with van der Waals surface area (Å²) in [5, 5.41) is 11.9. The predicted molar refractivity (Wildman–Crippen MR) is 84.5 cm³/mol. The van der Waals surface area contributed by atoms with Crippen molar-refractivity contribution in [1.82, 2.24) is 9.55 Å². The lowest BCUT2D eigenvalue weighted by atomic mass is 10.1. The van der Waals surface area contributed by atoms with Crippen LogP contribution >= 0.6 is 0 Å². The van der Waals surface area contributed by atoms with Gasteiger partial charge in [-0.2, -0.15) is 0 Å². The van der Waals surface area contributed by atoms with E-state index in [1.54, 1.807) is 25.1 Å². The van der Waals surface area contributed by atoms with E-state index in [9.17, 15) is 4.79 Å². The number of aryl methyl sites for hydroxylation is 2. The zero-order valence-corrected chi connectivity index (χ0v) is 12.9. The molecule has 1 aromatic heterocycles.